The number of piperidine rings is 1. The molecule has 0 aromatic heterocycles. The van der Waals surface area contributed by atoms with E-state index in [2.05, 4.69) is 27.1 Å². The molecule has 4 fully saturated rings. The molecule has 0 bridgehead atoms. The molecule has 0 radical (unpaired) electrons. The number of benzene rings is 1. The third kappa shape index (κ3) is 4.19. The van der Waals surface area contributed by atoms with E-state index >= 15 is 0 Å². The molecule has 1 aromatic carbocycles. The smallest absolute Gasteiger partial charge is 0.243 e. The van der Waals surface area contributed by atoms with E-state index in [1.54, 1.807) is 28.6 Å². The monoisotopic (exact) mass is 486 g/mol. The lowest BCUT2D eigenvalue weighted by Gasteiger charge is -2.34. The van der Waals surface area contributed by atoms with Crippen LogP contribution in [0, 0.1) is 23.2 Å². The minimum absolute atomic E-state index is 0.00529. The Balaban J connectivity index is 1.34. The lowest BCUT2D eigenvalue weighted by molar-refractivity contribution is -0.128. The van der Waals surface area contributed by atoms with Gasteiger partial charge in [0, 0.05) is 36.4 Å². The van der Waals surface area contributed by atoms with Gasteiger partial charge in [-0.25, -0.2) is 18.9 Å². The van der Waals surface area contributed by atoms with Crippen molar-refractivity contribution in [3.8, 4) is 6.07 Å². The second-order valence-electron chi connectivity index (χ2n) is 10.6. The molecule has 3 saturated heterocycles. The Labute approximate surface area is 201 Å². The standard InChI is InChI=1S/C24H34N6O3S/c1-24(2)12-3-15-29(24)34(32,33)18-8-6-17(7-9-18)27-22-21-20(11-14-26-23(21)31)30(28-22)19(10-13-25)16-4-5-16/h6-9,16,19-22,27-28H,3-5,10-12,14-15H2,1-2H3,(H,26,31)/t19-,20?,21?,22?/m0/s1. The second-order valence-corrected chi connectivity index (χ2v) is 12.5. The summed E-state index contributed by atoms with van der Waals surface area (Å²) in [7, 11) is -3.56. The molecule has 1 aromatic rings. The van der Waals surface area contributed by atoms with Gasteiger partial charge in [-0.3, -0.25) is 4.79 Å². The zero-order valence-corrected chi connectivity index (χ0v) is 20.6. The average molecular weight is 487 g/mol. The highest BCUT2D eigenvalue weighted by molar-refractivity contribution is 7.89. The molecule has 34 heavy (non-hydrogen) atoms. The lowest BCUT2D eigenvalue weighted by Crippen LogP contribution is -2.52. The molecule has 1 aliphatic carbocycles. The molecule has 3 heterocycles. The molecule has 5 rings (SSSR count). The molecule has 184 valence electrons. The first-order valence-corrected chi connectivity index (χ1v) is 13.7. The number of nitrogens with zero attached hydrogens (tertiary/aromatic N) is 3. The molecule has 0 spiro atoms. The summed E-state index contributed by atoms with van der Waals surface area (Å²) >= 11 is 0. The van der Waals surface area contributed by atoms with E-state index < -0.39 is 10.0 Å². The van der Waals surface area contributed by atoms with Crippen molar-refractivity contribution in [2.24, 2.45) is 11.8 Å². The van der Waals surface area contributed by atoms with Crippen LogP contribution >= 0.6 is 0 Å². The number of sulfonamides is 1. The molecule has 3 unspecified atom stereocenters. The first-order chi connectivity index (χ1) is 16.2. The minimum Gasteiger partial charge on any atom is -0.368 e. The van der Waals surface area contributed by atoms with Gasteiger partial charge in [0.15, 0.2) is 0 Å². The molecular formula is C24H34N6O3S. The highest BCUT2D eigenvalue weighted by Crippen LogP contribution is 2.41. The predicted octanol–water partition coefficient (Wildman–Crippen LogP) is 2.00. The van der Waals surface area contributed by atoms with Crippen LogP contribution in [0.25, 0.3) is 0 Å². The van der Waals surface area contributed by atoms with E-state index in [-0.39, 0.29) is 40.5 Å². The molecule has 9 nitrogen and oxygen atoms in total. The van der Waals surface area contributed by atoms with Crippen molar-refractivity contribution in [3.05, 3.63) is 24.3 Å². The summed E-state index contributed by atoms with van der Waals surface area (Å²) in [6, 6.07) is 9.27. The average Bonchev–Trinajstić information content (AvgIpc) is 3.48. The summed E-state index contributed by atoms with van der Waals surface area (Å²) in [5, 5.41) is 17.9. The van der Waals surface area contributed by atoms with Gasteiger partial charge in [0.1, 0.15) is 6.17 Å². The van der Waals surface area contributed by atoms with Gasteiger partial charge < -0.3 is 10.6 Å². The highest BCUT2D eigenvalue weighted by atomic mass is 32.2. The molecule has 4 aliphatic rings. The van der Waals surface area contributed by atoms with Crippen molar-refractivity contribution in [2.75, 3.05) is 18.4 Å². The van der Waals surface area contributed by atoms with Gasteiger partial charge in [0.05, 0.1) is 23.3 Å². The Morgan fingerprint density at radius 1 is 1.24 bits per heavy atom. The summed E-state index contributed by atoms with van der Waals surface area (Å²) in [4.78, 5) is 13.1. The fourth-order valence-electron chi connectivity index (χ4n) is 5.93. The Kier molecular flexibility index (Phi) is 6.09. The van der Waals surface area contributed by atoms with Crippen LogP contribution in [0.5, 0.6) is 0 Å². The number of amides is 1. The molecule has 1 saturated carbocycles. The molecule has 3 aliphatic heterocycles. The largest absolute Gasteiger partial charge is 0.368 e. The number of anilines is 1. The van der Waals surface area contributed by atoms with Crippen LogP contribution in [-0.2, 0) is 14.8 Å². The summed E-state index contributed by atoms with van der Waals surface area (Å²) in [5.41, 5.74) is 3.87. The third-order valence-electron chi connectivity index (χ3n) is 7.87. The number of hydrazine groups is 1. The van der Waals surface area contributed by atoms with Gasteiger partial charge in [0.2, 0.25) is 15.9 Å². The van der Waals surface area contributed by atoms with Crippen LogP contribution in [0.1, 0.15) is 52.4 Å². The fraction of sp³-hybridized carbons (Fsp3) is 0.667. The molecule has 3 N–H and O–H groups in total. The Bertz CT molecular complexity index is 1080. The van der Waals surface area contributed by atoms with E-state index in [4.69, 9.17) is 0 Å². The van der Waals surface area contributed by atoms with Crippen LogP contribution in [-0.4, -0.2) is 60.5 Å². The number of carbonyl (C=O) groups excluding carboxylic acids is 1. The molecule has 10 heteroatoms. The summed E-state index contributed by atoms with van der Waals surface area (Å²) in [6.07, 6.45) is 4.91. The van der Waals surface area contributed by atoms with Gasteiger partial charge >= 0.3 is 0 Å². The van der Waals surface area contributed by atoms with Crippen LogP contribution in [0.2, 0.25) is 0 Å². The zero-order chi connectivity index (χ0) is 24.1. The maximum atomic E-state index is 13.2. The zero-order valence-electron chi connectivity index (χ0n) is 19.8. The van der Waals surface area contributed by atoms with Crippen LogP contribution in [0.3, 0.4) is 0 Å². The maximum Gasteiger partial charge on any atom is 0.243 e. The van der Waals surface area contributed by atoms with Crippen molar-refractivity contribution in [1.82, 2.24) is 20.1 Å². The normalized spacial score (nSPS) is 30.4. The van der Waals surface area contributed by atoms with Crippen LogP contribution in [0.4, 0.5) is 5.69 Å². The number of nitrogens with one attached hydrogen (secondary N) is 3. The van der Waals surface area contributed by atoms with Gasteiger partial charge in [-0.15, -0.1) is 0 Å². The van der Waals surface area contributed by atoms with Gasteiger partial charge in [-0.2, -0.15) is 9.57 Å². The number of rotatable bonds is 7. The van der Waals surface area contributed by atoms with Crippen molar-refractivity contribution >= 4 is 21.6 Å². The first kappa shape index (κ1) is 23.5. The van der Waals surface area contributed by atoms with E-state index in [9.17, 15) is 18.5 Å². The maximum absolute atomic E-state index is 13.2. The number of fused-ring (bicyclic) bond motifs is 1. The number of hydrogen-bond donors (Lipinski definition) is 3. The van der Waals surface area contributed by atoms with Gasteiger partial charge in [0.25, 0.3) is 0 Å². The topological polar surface area (TPSA) is 118 Å². The highest BCUT2D eigenvalue weighted by Gasteiger charge is 2.52. The summed E-state index contributed by atoms with van der Waals surface area (Å²) in [5.74, 6) is 0.212. The van der Waals surface area contributed by atoms with Crippen LogP contribution in [0.15, 0.2) is 29.2 Å². The molecular weight excluding hydrogens is 452 g/mol. The predicted molar refractivity (Wildman–Crippen MR) is 128 cm³/mol. The SMILES string of the molecule is CC1(C)CCCN1S(=O)(=O)c1ccc(NC2NN([C@@H](CC#N)C3CC3)C3CCNC(=O)C23)cc1. The van der Waals surface area contributed by atoms with E-state index in [0.717, 1.165) is 37.8 Å². The fourth-order valence-corrected chi connectivity index (χ4v) is 7.77. The van der Waals surface area contributed by atoms with E-state index in [1.807, 2.05) is 13.8 Å². The third-order valence-corrected chi connectivity index (χ3v) is 10.00. The summed E-state index contributed by atoms with van der Waals surface area (Å²) < 4.78 is 28.0. The van der Waals surface area contributed by atoms with E-state index in [0.29, 0.717) is 25.4 Å². The van der Waals surface area contributed by atoms with Gasteiger partial charge in [-0.1, -0.05) is 0 Å². The van der Waals surface area contributed by atoms with Crippen molar-refractivity contribution in [1.29, 1.82) is 5.26 Å². The summed E-state index contributed by atoms with van der Waals surface area (Å²) in [6.45, 7) is 5.12. The van der Waals surface area contributed by atoms with Crippen molar-refractivity contribution < 1.29 is 13.2 Å². The number of carbonyl (C=O) groups is 1. The van der Waals surface area contributed by atoms with Crippen LogP contribution < -0.4 is 16.1 Å². The Morgan fingerprint density at radius 2 is 1.97 bits per heavy atom. The first-order valence-electron chi connectivity index (χ1n) is 12.3. The number of hydrogen-bond acceptors (Lipinski definition) is 7. The minimum atomic E-state index is -3.56. The molecule has 1 amide bonds. The second kappa shape index (κ2) is 8.79. The molecule has 4 atom stereocenters. The Hall–Kier alpha value is -2.19. The lowest BCUT2D eigenvalue weighted by atomic mass is 9.90. The van der Waals surface area contributed by atoms with Crippen molar-refractivity contribution in [2.45, 2.75) is 81.1 Å². The number of nitriles is 1. The quantitative estimate of drug-likeness (QED) is 0.540. The Morgan fingerprint density at radius 3 is 2.59 bits per heavy atom. The van der Waals surface area contributed by atoms with Crippen molar-refractivity contribution in [3.63, 3.8) is 0 Å². The van der Waals surface area contributed by atoms with Gasteiger partial charge in [-0.05, 0) is 76.1 Å². The van der Waals surface area contributed by atoms with E-state index in [1.165, 1.54) is 0 Å².